The Kier molecular flexibility index (Phi) is 4.87. The van der Waals surface area contributed by atoms with E-state index in [9.17, 15) is 5.11 Å². The molecule has 0 spiro atoms. The number of benzene rings is 1. The first kappa shape index (κ1) is 14.4. The number of aliphatic hydroxyl groups is 1. The number of hydrogen-bond acceptors (Lipinski definition) is 2. The standard InChI is InChI=1S/C17H26O2/c1-12-10-13(2)17(16(11-12)19-3)15(18)9-8-14-6-4-5-7-14/h10-11,14-15,18H,4-9H2,1-3H3. The SMILES string of the molecule is COc1cc(C)cc(C)c1C(O)CCC1CCCC1. The second-order valence-electron chi connectivity index (χ2n) is 5.94. The summed E-state index contributed by atoms with van der Waals surface area (Å²) in [5.41, 5.74) is 3.29. The molecule has 1 unspecified atom stereocenters. The van der Waals surface area contributed by atoms with E-state index in [1.807, 2.05) is 6.07 Å². The van der Waals surface area contributed by atoms with Crippen LogP contribution in [-0.2, 0) is 0 Å². The van der Waals surface area contributed by atoms with E-state index in [-0.39, 0.29) is 0 Å². The average molecular weight is 262 g/mol. The lowest BCUT2D eigenvalue weighted by Crippen LogP contribution is -2.06. The van der Waals surface area contributed by atoms with E-state index in [4.69, 9.17) is 4.74 Å². The zero-order valence-electron chi connectivity index (χ0n) is 12.4. The molecule has 0 aliphatic heterocycles. The van der Waals surface area contributed by atoms with Crippen LogP contribution >= 0.6 is 0 Å². The quantitative estimate of drug-likeness (QED) is 0.856. The van der Waals surface area contributed by atoms with Gasteiger partial charge in [0.1, 0.15) is 5.75 Å². The van der Waals surface area contributed by atoms with E-state index >= 15 is 0 Å². The molecule has 0 saturated heterocycles. The first-order chi connectivity index (χ1) is 9.11. The number of aliphatic hydroxyl groups excluding tert-OH is 1. The first-order valence-electron chi connectivity index (χ1n) is 7.45. The van der Waals surface area contributed by atoms with Gasteiger partial charge < -0.3 is 9.84 Å². The summed E-state index contributed by atoms with van der Waals surface area (Å²) in [5.74, 6) is 1.66. The van der Waals surface area contributed by atoms with Crippen LogP contribution in [0.3, 0.4) is 0 Å². The van der Waals surface area contributed by atoms with Gasteiger partial charge in [-0.05, 0) is 49.8 Å². The molecule has 0 aromatic heterocycles. The summed E-state index contributed by atoms with van der Waals surface area (Å²) in [6, 6.07) is 4.14. The smallest absolute Gasteiger partial charge is 0.125 e. The van der Waals surface area contributed by atoms with Crippen LogP contribution in [-0.4, -0.2) is 12.2 Å². The van der Waals surface area contributed by atoms with E-state index in [1.54, 1.807) is 7.11 Å². The highest BCUT2D eigenvalue weighted by molar-refractivity contribution is 5.44. The van der Waals surface area contributed by atoms with E-state index in [1.165, 1.54) is 31.2 Å². The van der Waals surface area contributed by atoms with Crippen LogP contribution in [0.4, 0.5) is 0 Å². The number of ether oxygens (including phenoxy) is 1. The van der Waals surface area contributed by atoms with Crippen molar-refractivity contribution in [1.82, 2.24) is 0 Å². The van der Waals surface area contributed by atoms with Gasteiger partial charge in [-0.15, -0.1) is 0 Å². The summed E-state index contributed by atoms with van der Waals surface area (Å²) in [5, 5.41) is 10.5. The van der Waals surface area contributed by atoms with Crippen LogP contribution in [0, 0.1) is 19.8 Å². The maximum absolute atomic E-state index is 10.5. The second-order valence-corrected chi connectivity index (χ2v) is 5.94. The van der Waals surface area contributed by atoms with Crippen molar-refractivity contribution < 1.29 is 9.84 Å². The zero-order chi connectivity index (χ0) is 13.8. The molecular formula is C17H26O2. The maximum Gasteiger partial charge on any atom is 0.125 e. The molecule has 2 heteroatoms. The largest absolute Gasteiger partial charge is 0.496 e. The topological polar surface area (TPSA) is 29.5 Å². The van der Waals surface area contributed by atoms with Crippen molar-refractivity contribution in [2.45, 2.75) is 58.5 Å². The van der Waals surface area contributed by atoms with Gasteiger partial charge in [-0.2, -0.15) is 0 Å². The number of aryl methyl sites for hydroxylation is 2. The molecule has 19 heavy (non-hydrogen) atoms. The predicted molar refractivity (Wildman–Crippen MR) is 78.6 cm³/mol. The van der Waals surface area contributed by atoms with Gasteiger partial charge in [0.05, 0.1) is 13.2 Å². The second kappa shape index (κ2) is 6.42. The lowest BCUT2D eigenvalue weighted by atomic mass is 9.93. The third kappa shape index (κ3) is 3.50. The van der Waals surface area contributed by atoms with Crippen molar-refractivity contribution >= 4 is 0 Å². The van der Waals surface area contributed by atoms with Crippen LogP contribution < -0.4 is 4.74 Å². The van der Waals surface area contributed by atoms with Gasteiger partial charge >= 0.3 is 0 Å². The van der Waals surface area contributed by atoms with E-state index in [0.717, 1.165) is 35.6 Å². The van der Waals surface area contributed by atoms with Gasteiger partial charge in [0.2, 0.25) is 0 Å². The maximum atomic E-state index is 10.5. The van der Waals surface area contributed by atoms with Gasteiger partial charge in [0.25, 0.3) is 0 Å². The monoisotopic (exact) mass is 262 g/mol. The lowest BCUT2D eigenvalue weighted by Gasteiger charge is -2.19. The molecule has 1 aromatic carbocycles. The van der Waals surface area contributed by atoms with Crippen molar-refractivity contribution in [1.29, 1.82) is 0 Å². The van der Waals surface area contributed by atoms with Crippen molar-refractivity contribution in [3.05, 3.63) is 28.8 Å². The van der Waals surface area contributed by atoms with Crippen LogP contribution in [0.25, 0.3) is 0 Å². The van der Waals surface area contributed by atoms with Gasteiger partial charge in [0.15, 0.2) is 0 Å². The molecule has 0 radical (unpaired) electrons. The Labute approximate surface area is 116 Å². The molecule has 0 heterocycles. The molecule has 2 rings (SSSR count). The summed E-state index contributed by atoms with van der Waals surface area (Å²) in [6.07, 6.45) is 7.02. The van der Waals surface area contributed by atoms with Crippen LogP contribution in [0.2, 0.25) is 0 Å². The van der Waals surface area contributed by atoms with Crippen LogP contribution in [0.1, 0.15) is 61.3 Å². The van der Waals surface area contributed by atoms with Crippen molar-refractivity contribution in [3.63, 3.8) is 0 Å². The molecule has 2 nitrogen and oxygen atoms in total. The van der Waals surface area contributed by atoms with Crippen LogP contribution in [0.15, 0.2) is 12.1 Å². The molecule has 106 valence electrons. The predicted octanol–water partition coefficient (Wildman–Crippen LogP) is 4.32. The molecule has 1 fully saturated rings. The zero-order valence-corrected chi connectivity index (χ0v) is 12.4. The molecule has 1 N–H and O–H groups in total. The summed E-state index contributed by atoms with van der Waals surface area (Å²) >= 11 is 0. The molecule has 0 amide bonds. The summed E-state index contributed by atoms with van der Waals surface area (Å²) in [7, 11) is 1.68. The molecule has 1 atom stereocenters. The minimum atomic E-state index is -0.392. The average Bonchev–Trinajstić information content (AvgIpc) is 2.88. The van der Waals surface area contributed by atoms with Crippen molar-refractivity contribution in [3.8, 4) is 5.75 Å². The van der Waals surface area contributed by atoms with Crippen molar-refractivity contribution in [2.24, 2.45) is 5.92 Å². The van der Waals surface area contributed by atoms with Gasteiger partial charge in [0, 0.05) is 5.56 Å². The Bertz CT molecular complexity index is 420. The highest BCUT2D eigenvalue weighted by atomic mass is 16.5. The molecular weight excluding hydrogens is 236 g/mol. The summed E-state index contributed by atoms with van der Waals surface area (Å²) in [6.45, 7) is 4.12. The number of rotatable bonds is 5. The van der Waals surface area contributed by atoms with Gasteiger partial charge in [-0.1, -0.05) is 31.7 Å². The van der Waals surface area contributed by atoms with E-state index in [0.29, 0.717) is 0 Å². The lowest BCUT2D eigenvalue weighted by molar-refractivity contribution is 0.152. The minimum Gasteiger partial charge on any atom is -0.496 e. The first-order valence-corrected chi connectivity index (χ1v) is 7.45. The Morgan fingerprint density at radius 2 is 1.95 bits per heavy atom. The highest BCUT2D eigenvalue weighted by Gasteiger charge is 2.20. The summed E-state index contributed by atoms with van der Waals surface area (Å²) in [4.78, 5) is 0. The molecule has 1 aliphatic carbocycles. The third-order valence-electron chi connectivity index (χ3n) is 4.37. The normalized spacial score (nSPS) is 17.7. The molecule has 1 aromatic rings. The Hall–Kier alpha value is -1.02. The molecule has 1 saturated carbocycles. The van der Waals surface area contributed by atoms with Gasteiger partial charge in [-0.3, -0.25) is 0 Å². The summed E-state index contributed by atoms with van der Waals surface area (Å²) < 4.78 is 5.44. The number of hydrogen-bond donors (Lipinski definition) is 1. The third-order valence-corrected chi connectivity index (χ3v) is 4.37. The Balaban J connectivity index is 2.06. The van der Waals surface area contributed by atoms with Crippen LogP contribution in [0.5, 0.6) is 5.75 Å². The molecule has 0 bridgehead atoms. The Morgan fingerprint density at radius 1 is 1.26 bits per heavy atom. The number of methoxy groups -OCH3 is 1. The minimum absolute atomic E-state index is 0.392. The van der Waals surface area contributed by atoms with E-state index < -0.39 is 6.10 Å². The van der Waals surface area contributed by atoms with Gasteiger partial charge in [-0.25, -0.2) is 0 Å². The van der Waals surface area contributed by atoms with Crippen molar-refractivity contribution in [2.75, 3.05) is 7.11 Å². The molecule has 1 aliphatic rings. The fourth-order valence-electron chi connectivity index (χ4n) is 3.37. The fourth-order valence-corrected chi connectivity index (χ4v) is 3.37. The Morgan fingerprint density at radius 3 is 2.58 bits per heavy atom. The fraction of sp³-hybridized carbons (Fsp3) is 0.647. The van der Waals surface area contributed by atoms with E-state index in [2.05, 4.69) is 19.9 Å². The highest BCUT2D eigenvalue weighted by Crippen LogP contribution is 2.35.